The van der Waals surface area contributed by atoms with Gasteiger partial charge in [-0.3, -0.25) is 14.6 Å². The van der Waals surface area contributed by atoms with Crippen LogP contribution in [0.15, 0.2) is 0 Å². The van der Waals surface area contributed by atoms with E-state index in [0.29, 0.717) is 19.8 Å². The van der Waals surface area contributed by atoms with Crippen molar-refractivity contribution < 1.29 is 9.53 Å². The van der Waals surface area contributed by atoms with Gasteiger partial charge in [0.15, 0.2) is 17.0 Å². The normalized spacial score (nSPS) is 19.3. The Kier molecular flexibility index (Phi) is 6.34. The van der Waals surface area contributed by atoms with Gasteiger partial charge in [-0.1, -0.05) is 0 Å². The second-order valence-corrected chi connectivity index (χ2v) is 8.88. The maximum Gasteiger partial charge on any atom is 0.237 e. The molecule has 2 aromatic heterocycles. The predicted molar refractivity (Wildman–Crippen MR) is 119 cm³/mol. The van der Waals surface area contributed by atoms with Gasteiger partial charge in [-0.05, 0) is 32.4 Å². The first-order chi connectivity index (χ1) is 14.8. The van der Waals surface area contributed by atoms with E-state index < -0.39 is 5.54 Å². The second kappa shape index (κ2) is 8.85. The molecule has 0 spiro atoms. The van der Waals surface area contributed by atoms with E-state index in [0.717, 1.165) is 68.6 Å². The Morgan fingerprint density at radius 1 is 1.10 bits per heavy atom. The van der Waals surface area contributed by atoms with Crippen molar-refractivity contribution in [1.82, 2.24) is 29.3 Å². The molecule has 2 aliphatic rings. The van der Waals surface area contributed by atoms with Crippen LogP contribution in [-0.4, -0.2) is 93.2 Å². The quantitative estimate of drug-likeness (QED) is 0.641. The number of carbonyl (C=O) groups excluding carboxylic acids is 1. The van der Waals surface area contributed by atoms with Gasteiger partial charge in [0.2, 0.25) is 11.2 Å². The molecule has 0 saturated carbocycles. The van der Waals surface area contributed by atoms with Crippen LogP contribution in [-0.2, 0) is 22.6 Å². The standard InChI is InChI=1S/C20H31ClN8O2/c1-4-29-14(13-26-5-7-28(8-6-26)20(2,3)18(22)30)23-15-16(24-19(21)25-17(15)29)27-9-11-31-12-10-27/h4-13H2,1-3H3,(H2,22,30). The molecule has 4 rings (SSSR count). The second-order valence-electron chi connectivity index (χ2n) is 8.55. The summed E-state index contributed by atoms with van der Waals surface area (Å²) in [7, 11) is 0. The summed E-state index contributed by atoms with van der Waals surface area (Å²) in [6, 6.07) is 0. The minimum atomic E-state index is -0.637. The molecule has 0 radical (unpaired) electrons. The number of aryl methyl sites for hydroxylation is 1. The van der Waals surface area contributed by atoms with Crippen LogP contribution in [0.1, 0.15) is 26.6 Å². The molecule has 0 aromatic carbocycles. The van der Waals surface area contributed by atoms with E-state index in [1.54, 1.807) is 0 Å². The zero-order valence-electron chi connectivity index (χ0n) is 18.5. The highest BCUT2D eigenvalue weighted by Crippen LogP contribution is 2.27. The van der Waals surface area contributed by atoms with Gasteiger partial charge in [-0.25, -0.2) is 4.98 Å². The summed E-state index contributed by atoms with van der Waals surface area (Å²) in [5.74, 6) is 1.44. The predicted octanol–water partition coefficient (Wildman–Crippen LogP) is 0.718. The number of anilines is 1. The fraction of sp³-hybridized carbons (Fsp3) is 0.700. The van der Waals surface area contributed by atoms with Crippen LogP contribution in [0.2, 0.25) is 5.28 Å². The number of piperazine rings is 1. The average molecular weight is 451 g/mol. The van der Waals surface area contributed by atoms with Crippen molar-refractivity contribution >= 4 is 34.5 Å². The van der Waals surface area contributed by atoms with E-state index in [1.807, 2.05) is 13.8 Å². The van der Waals surface area contributed by atoms with Gasteiger partial charge in [-0.2, -0.15) is 9.97 Å². The van der Waals surface area contributed by atoms with Gasteiger partial charge in [0.05, 0.1) is 25.3 Å². The summed E-state index contributed by atoms with van der Waals surface area (Å²) in [6.07, 6.45) is 0. The number of imidazole rings is 1. The lowest BCUT2D eigenvalue weighted by atomic mass is 10.0. The number of aromatic nitrogens is 4. The Hall–Kier alpha value is -2.01. The number of ether oxygens (including phenoxy) is 1. The molecule has 2 N–H and O–H groups in total. The topological polar surface area (TPSA) is 106 Å². The first kappa shape index (κ1) is 22.2. The third-order valence-corrected chi connectivity index (χ3v) is 6.55. The van der Waals surface area contributed by atoms with E-state index in [1.165, 1.54) is 0 Å². The highest BCUT2D eigenvalue weighted by Gasteiger charge is 2.35. The number of nitrogens with two attached hydrogens (primary N) is 1. The van der Waals surface area contributed by atoms with Crippen LogP contribution < -0.4 is 10.6 Å². The zero-order chi connectivity index (χ0) is 22.2. The number of amides is 1. The van der Waals surface area contributed by atoms with E-state index in [-0.39, 0.29) is 11.2 Å². The zero-order valence-corrected chi connectivity index (χ0v) is 19.2. The Morgan fingerprint density at radius 2 is 1.77 bits per heavy atom. The molecule has 0 bridgehead atoms. The maximum atomic E-state index is 11.8. The number of fused-ring (bicyclic) bond motifs is 1. The molecule has 2 fully saturated rings. The van der Waals surface area contributed by atoms with E-state index in [2.05, 4.69) is 36.2 Å². The van der Waals surface area contributed by atoms with Gasteiger partial charge in [0.1, 0.15) is 5.82 Å². The van der Waals surface area contributed by atoms with E-state index in [4.69, 9.17) is 27.1 Å². The monoisotopic (exact) mass is 450 g/mol. The lowest BCUT2D eigenvalue weighted by Crippen LogP contribution is -2.59. The molecule has 0 atom stereocenters. The van der Waals surface area contributed by atoms with Gasteiger partial charge >= 0.3 is 0 Å². The summed E-state index contributed by atoms with van der Waals surface area (Å²) < 4.78 is 7.60. The van der Waals surface area contributed by atoms with Crippen LogP contribution in [0.3, 0.4) is 0 Å². The van der Waals surface area contributed by atoms with Crippen molar-refractivity contribution in [2.24, 2.45) is 5.73 Å². The molecule has 0 aliphatic carbocycles. The third-order valence-electron chi connectivity index (χ3n) is 6.39. The number of carbonyl (C=O) groups is 1. The van der Waals surface area contributed by atoms with E-state index >= 15 is 0 Å². The number of rotatable bonds is 6. The highest BCUT2D eigenvalue weighted by atomic mass is 35.5. The molecule has 2 aliphatic heterocycles. The molecule has 4 heterocycles. The molecule has 170 valence electrons. The molecular formula is C20H31ClN8O2. The van der Waals surface area contributed by atoms with Gasteiger partial charge in [-0.15, -0.1) is 0 Å². The van der Waals surface area contributed by atoms with Crippen LogP contribution in [0.25, 0.3) is 11.2 Å². The summed E-state index contributed by atoms with van der Waals surface area (Å²) >= 11 is 6.28. The number of hydrogen-bond acceptors (Lipinski definition) is 8. The minimum absolute atomic E-state index is 0.234. The average Bonchev–Trinajstić information content (AvgIpc) is 3.10. The van der Waals surface area contributed by atoms with Crippen molar-refractivity contribution in [2.45, 2.75) is 39.4 Å². The number of primary amides is 1. The maximum absolute atomic E-state index is 11.8. The molecular weight excluding hydrogens is 420 g/mol. The molecule has 2 aromatic rings. The fourth-order valence-electron chi connectivity index (χ4n) is 4.27. The molecule has 1 amide bonds. The summed E-state index contributed by atoms with van der Waals surface area (Å²) in [5.41, 5.74) is 6.51. The first-order valence-corrected chi connectivity index (χ1v) is 11.2. The van der Waals surface area contributed by atoms with Crippen LogP contribution in [0, 0.1) is 0 Å². The third kappa shape index (κ3) is 4.34. The highest BCUT2D eigenvalue weighted by molar-refractivity contribution is 6.28. The lowest BCUT2D eigenvalue weighted by molar-refractivity contribution is -0.129. The summed E-state index contributed by atoms with van der Waals surface area (Å²) in [5, 5.41) is 0.234. The summed E-state index contributed by atoms with van der Waals surface area (Å²) in [4.78, 5) is 32.4. The molecule has 10 nitrogen and oxygen atoms in total. The number of halogens is 1. The SMILES string of the molecule is CCn1c(CN2CCN(C(C)(C)C(N)=O)CC2)nc2c(N3CCOCC3)nc(Cl)nc21. The molecule has 31 heavy (non-hydrogen) atoms. The van der Waals surface area contributed by atoms with E-state index in [9.17, 15) is 4.79 Å². The Morgan fingerprint density at radius 3 is 2.39 bits per heavy atom. The fourth-order valence-corrected chi connectivity index (χ4v) is 4.44. The Labute approximate surface area is 187 Å². The number of hydrogen-bond donors (Lipinski definition) is 1. The molecule has 2 saturated heterocycles. The van der Waals surface area contributed by atoms with Gasteiger partial charge < -0.3 is 19.9 Å². The molecule has 11 heteroatoms. The molecule has 0 unspecified atom stereocenters. The van der Waals surface area contributed by atoms with Crippen molar-refractivity contribution in [3.63, 3.8) is 0 Å². The summed E-state index contributed by atoms with van der Waals surface area (Å²) in [6.45, 7) is 13.4. The van der Waals surface area contributed by atoms with Crippen molar-refractivity contribution in [3.05, 3.63) is 11.1 Å². The van der Waals surface area contributed by atoms with Crippen molar-refractivity contribution in [2.75, 3.05) is 57.4 Å². The van der Waals surface area contributed by atoms with Crippen LogP contribution in [0.5, 0.6) is 0 Å². The van der Waals surface area contributed by atoms with Crippen LogP contribution >= 0.6 is 11.6 Å². The van der Waals surface area contributed by atoms with Crippen molar-refractivity contribution in [3.8, 4) is 0 Å². The smallest absolute Gasteiger partial charge is 0.237 e. The Bertz CT molecular complexity index is 948. The van der Waals surface area contributed by atoms with Gasteiger partial charge in [0, 0.05) is 45.8 Å². The number of nitrogens with zero attached hydrogens (tertiary/aromatic N) is 7. The van der Waals surface area contributed by atoms with Crippen molar-refractivity contribution in [1.29, 1.82) is 0 Å². The van der Waals surface area contributed by atoms with Crippen LogP contribution in [0.4, 0.5) is 5.82 Å². The number of morpholine rings is 1. The lowest BCUT2D eigenvalue weighted by Gasteiger charge is -2.42. The largest absolute Gasteiger partial charge is 0.378 e. The van der Waals surface area contributed by atoms with Gasteiger partial charge in [0.25, 0.3) is 0 Å². The minimum Gasteiger partial charge on any atom is -0.378 e. The first-order valence-electron chi connectivity index (χ1n) is 10.8. The Balaban J connectivity index is 1.56.